The van der Waals surface area contributed by atoms with Gasteiger partial charge in [0.25, 0.3) is 0 Å². The molecule has 1 aromatic heterocycles. The third-order valence-corrected chi connectivity index (χ3v) is 3.13. The maximum absolute atomic E-state index is 11.7. The molecule has 0 aliphatic rings. The summed E-state index contributed by atoms with van der Waals surface area (Å²) >= 11 is 3.03. The lowest BCUT2D eigenvalue weighted by Gasteiger charge is -2.04. The van der Waals surface area contributed by atoms with Crippen molar-refractivity contribution in [3.8, 4) is 5.75 Å². The van der Waals surface area contributed by atoms with Crippen LogP contribution in [0.15, 0.2) is 34.9 Å². The van der Waals surface area contributed by atoms with Crippen LogP contribution in [0.2, 0.25) is 0 Å². The van der Waals surface area contributed by atoms with Gasteiger partial charge in [0.1, 0.15) is 10.2 Å². The fourth-order valence-corrected chi connectivity index (χ4v) is 2.11. The minimum Gasteiger partial charge on any atom is -0.508 e. The second-order valence-electron chi connectivity index (χ2n) is 4.17. The molecule has 8 nitrogen and oxygen atoms in total. The van der Waals surface area contributed by atoms with E-state index in [9.17, 15) is 20.0 Å². The van der Waals surface area contributed by atoms with Crippen LogP contribution >= 0.6 is 15.9 Å². The molecule has 0 fully saturated rings. The normalized spacial score (nSPS) is 10.3. The van der Waals surface area contributed by atoms with Gasteiger partial charge in [-0.2, -0.15) is 4.68 Å². The third kappa shape index (κ3) is 4.02. The molecule has 9 heteroatoms. The summed E-state index contributed by atoms with van der Waals surface area (Å²) in [6, 6.07) is 6.18. The van der Waals surface area contributed by atoms with Crippen molar-refractivity contribution in [2.75, 3.05) is 5.32 Å². The number of carbonyl (C=O) groups excluding carboxylic acids is 1. The molecule has 0 radical (unpaired) electrons. The quantitative estimate of drug-likeness (QED) is 0.632. The number of anilines is 1. The van der Waals surface area contributed by atoms with Crippen molar-refractivity contribution >= 4 is 33.3 Å². The second kappa shape index (κ2) is 6.35. The first kappa shape index (κ1) is 15.0. The summed E-state index contributed by atoms with van der Waals surface area (Å²) in [5, 5.41) is 26.3. The molecule has 0 saturated carbocycles. The van der Waals surface area contributed by atoms with Gasteiger partial charge in [-0.05, 0) is 33.0 Å². The number of rotatable bonds is 5. The molecular weight excluding hydrogens is 344 g/mol. The number of benzene rings is 1. The van der Waals surface area contributed by atoms with Crippen molar-refractivity contribution in [1.29, 1.82) is 0 Å². The maximum atomic E-state index is 11.7. The van der Waals surface area contributed by atoms with Gasteiger partial charge in [-0.15, -0.1) is 0 Å². The molecule has 0 aliphatic carbocycles. The van der Waals surface area contributed by atoms with Gasteiger partial charge in [-0.3, -0.25) is 4.79 Å². The number of phenolic OH excluding ortho intramolecular Hbond substituents is 1. The Labute approximate surface area is 127 Å². The Kier molecular flexibility index (Phi) is 4.53. The Morgan fingerprint density at radius 2 is 2.29 bits per heavy atom. The Morgan fingerprint density at radius 1 is 1.52 bits per heavy atom. The van der Waals surface area contributed by atoms with Crippen molar-refractivity contribution in [3.63, 3.8) is 0 Å². The summed E-state index contributed by atoms with van der Waals surface area (Å²) in [6.45, 7) is 0.205. The first-order valence-corrected chi connectivity index (χ1v) is 6.71. The largest absolute Gasteiger partial charge is 0.508 e. The van der Waals surface area contributed by atoms with Crippen LogP contribution in [0.5, 0.6) is 5.75 Å². The smallest absolute Gasteiger partial charge is 0.404 e. The molecule has 1 amide bonds. The number of carbonyl (C=O) groups is 1. The van der Waals surface area contributed by atoms with Gasteiger partial charge in [0.2, 0.25) is 5.91 Å². The van der Waals surface area contributed by atoms with Gasteiger partial charge in [0.15, 0.2) is 0 Å². The predicted molar refractivity (Wildman–Crippen MR) is 77.9 cm³/mol. The number of amides is 1. The van der Waals surface area contributed by atoms with Crippen LogP contribution in [0.4, 0.5) is 11.5 Å². The zero-order valence-electron chi connectivity index (χ0n) is 10.7. The van der Waals surface area contributed by atoms with E-state index in [4.69, 9.17) is 0 Å². The fourth-order valence-electron chi connectivity index (χ4n) is 1.65. The number of aromatic nitrogens is 2. The summed E-state index contributed by atoms with van der Waals surface area (Å²) in [5.41, 5.74) is 0.479. The van der Waals surface area contributed by atoms with Crippen LogP contribution in [0, 0.1) is 10.1 Å². The fraction of sp³-hybridized carbons (Fsp3) is 0.167. The molecule has 0 atom stereocenters. The van der Waals surface area contributed by atoms with E-state index >= 15 is 0 Å². The molecular formula is C12H11BrN4O4. The number of phenols is 1. The number of aryl methyl sites for hydroxylation is 1. The van der Waals surface area contributed by atoms with E-state index in [2.05, 4.69) is 26.3 Å². The van der Waals surface area contributed by atoms with E-state index in [0.29, 0.717) is 5.69 Å². The molecule has 0 aliphatic heterocycles. The molecule has 110 valence electrons. The number of nitrogens with zero attached hydrogens (tertiary/aromatic N) is 3. The molecule has 2 N–H and O–H groups in total. The first-order chi connectivity index (χ1) is 9.95. The van der Waals surface area contributed by atoms with E-state index in [1.165, 1.54) is 23.0 Å². The van der Waals surface area contributed by atoms with E-state index in [1.807, 2.05) is 0 Å². The van der Waals surface area contributed by atoms with Crippen LogP contribution in [-0.4, -0.2) is 25.7 Å². The van der Waals surface area contributed by atoms with Crippen molar-refractivity contribution < 1.29 is 14.8 Å². The molecule has 1 heterocycles. The summed E-state index contributed by atoms with van der Waals surface area (Å²) in [4.78, 5) is 21.8. The Morgan fingerprint density at radius 3 is 2.90 bits per heavy atom. The summed E-state index contributed by atoms with van der Waals surface area (Å²) in [5.74, 6) is -0.516. The highest BCUT2D eigenvalue weighted by Gasteiger charge is 2.18. The SMILES string of the molecule is O=C(CCn1cc(Br)c([N+](=O)[O-])n1)Nc1cccc(O)c1. The molecule has 0 spiro atoms. The minimum atomic E-state index is -0.604. The first-order valence-electron chi connectivity index (χ1n) is 5.92. The lowest BCUT2D eigenvalue weighted by molar-refractivity contribution is -0.390. The van der Waals surface area contributed by atoms with E-state index in [0.717, 1.165) is 0 Å². The van der Waals surface area contributed by atoms with E-state index in [1.54, 1.807) is 12.1 Å². The van der Waals surface area contributed by atoms with Crippen molar-refractivity contribution in [2.45, 2.75) is 13.0 Å². The van der Waals surface area contributed by atoms with Crippen LogP contribution in [-0.2, 0) is 11.3 Å². The number of aromatic hydroxyl groups is 1. The Bertz CT molecular complexity index is 686. The molecule has 1 aromatic carbocycles. The predicted octanol–water partition coefficient (Wildman–Crippen LogP) is 2.29. The summed E-state index contributed by atoms with van der Waals surface area (Å²) in [7, 11) is 0. The molecule has 0 unspecified atom stereocenters. The standard InChI is InChI=1S/C12H11BrN4O4/c13-10-7-16(15-12(10)17(20)21)5-4-11(19)14-8-2-1-3-9(18)6-8/h1-3,6-7,18H,4-5H2,(H,14,19). The highest BCUT2D eigenvalue weighted by Crippen LogP contribution is 2.22. The van der Waals surface area contributed by atoms with E-state index < -0.39 is 4.92 Å². The van der Waals surface area contributed by atoms with Gasteiger partial charge in [0.05, 0.1) is 17.8 Å². The van der Waals surface area contributed by atoms with Crippen molar-refractivity contribution in [3.05, 3.63) is 45.0 Å². The van der Waals surface area contributed by atoms with Gasteiger partial charge < -0.3 is 20.5 Å². The average molecular weight is 355 g/mol. The average Bonchev–Trinajstić information content (AvgIpc) is 2.78. The zero-order valence-corrected chi connectivity index (χ0v) is 12.3. The second-order valence-corrected chi connectivity index (χ2v) is 5.02. The molecule has 0 saturated heterocycles. The highest BCUT2D eigenvalue weighted by atomic mass is 79.9. The minimum absolute atomic E-state index is 0.0550. The molecule has 2 aromatic rings. The topological polar surface area (TPSA) is 110 Å². The van der Waals surface area contributed by atoms with Crippen LogP contribution in [0.25, 0.3) is 0 Å². The number of halogens is 1. The number of nitrogens with one attached hydrogen (secondary N) is 1. The monoisotopic (exact) mass is 354 g/mol. The number of nitro groups is 1. The number of hydrogen-bond donors (Lipinski definition) is 2. The molecule has 0 bridgehead atoms. The zero-order chi connectivity index (χ0) is 15.4. The van der Waals surface area contributed by atoms with Crippen LogP contribution < -0.4 is 5.32 Å². The lowest BCUT2D eigenvalue weighted by atomic mass is 10.3. The van der Waals surface area contributed by atoms with Crippen LogP contribution in [0.3, 0.4) is 0 Å². The van der Waals surface area contributed by atoms with E-state index in [-0.39, 0.29) is 34.9 Å². The van der Waals surface area contributed by atoms with Gasteiger partial charge in [0, 0.05) is 18.2 Å². The summed E-state index contributed by atoms with van der Waals surface area (Å²) in [6.07, 6.45) is 1.54. The number of hydrogen-bond acceptors (Lipinski definition) is 5. The van der Waals surface area contributed by atoms with Crippen LogP contribution in [0.1, 0.15) is 6.42 Å². The van der Waals surface area contributed by atoms with Gasteiger partial charge in [-0.25, -0.2) is 0 Å². The Balaban J connectivity index is 1.92. The Hall–Kier alpha value is -2.42. The molecule has 2 rings (SSSR count). The molecule has 21 heavy (non-hydrogen) atoms. The highest BCUT2D eigenvalue weighted by molar-refractivity contribution is 9.10. The van der Waals surface area contributed by atoms with Crippen molar-refractivity contribution in [2.24, 2.45) is 0 Å². The summed E-state index contributed by atoms with van der Waals surface area (Å²) < 4.78 is 1.59. The van der Waals surface area contributed by atoms with Gasteiger partial charge >= 0.3 is 5.82 Å². The van der Waals surface area contributed by atoms with Crippen molar-refractivity contribution in [1.82, 2.24) is 9.78 Å². The van der Waals surface area contributed by atoms with Gasteiger partial charge in [-0.1, -0.05) is 6.07 Å². The third-order valence-electron chi connectivity index (χ3n) is 2.57. The maximum Gasteiger partial charge on any atom is 0.404 e. The lowest BCUT2D eigenvalue weighted by Crippen LogP contribution is -2.14.